The predicted molar refractivity (Wildman–Crippen MR) is 112 cm³/mol. The lowest BCUT2D eigenvalue weighted by Crippen LogP contribution is -2.31. The minimum atomic E-state index is -0.439. The summed E-state index contributed by atoms with van der Waals surface area (Å²) in [5, 5.41) is 8.73. The topological polar surface area (TPSA) is 85.3 Å². The molecule has 0 saturated carbocycles. The summed E-state index contributed by atoms with van der Waals surface area (Å²) in [6.07, 6.45) is 2.16. The Bertz CT molecular complexity index is 1270. The number of fused-ring (bicyclic) bond motifs is 1. The van der Waals surface area contributed by atoms with Gasteiger partial charge in [0.05, 0.1) is 12.3 Å². The fourth-order valence-electron chi connectivity index (χ4n) is 3.38. The van der Waals surface area contributed by atoms with E-state index in [1.54, 1.807) is 47.9 Å². The van der Waals surface area contributed by atoms with Crippen molar-refractivity contribution < 1.29 is 18.4 Å². The van der Waals surface area contributed by atoms with E-state index in [0.29, 0.717) is 23.5 Å². The molecule has 150 valence electrons. The quantitative estimate of drug-likeness (QED) is 0.452. The number of hydrogen-bond donors (Lipinski definition) is 0. The van der Waals surface area contributed by atoms with Gasteiger partial charge in [0.1, 0.15) is 22.8 Å². The molecule has 7 nitrogen and oxygen atoms in total. The van der Waals surface area contributed by atoms with Gasteiger partial charge in [-0.05, 0) is 41.8 Å². The van der Waals surface area contributed by atoms with Gasteiger partial charge in [-0.3, -0.25) is 4.79 Å². The molecule has 1 atom stereocenters. The first kappa shape index (κ1) is 18.4. The first-order chi connectivity index (χ1) is 14.7. The molecule has 0 radical (unpaired) electrons. The molecule has 1 aliphatic rings. The van der Waals surface area contributed by atoms with Gasteiger partial charge in [-0.25, -0.2) is 9.80 Å². The van der Waals surface area contributed by atoms with Crippen LogP contribution in [0.5, 0.6) is 5.75 Å². The second-order valence-corrected chi connectivity index (χ2v) is 7.72. The van der Waals surface area contributed by atoms with Crippen LogP contribution in [0.1, 0.15) is 23.1 Å². The molecule has 5 rings (SSSR count). The zero-order valence-electron chi connectivity index (χ0n) is 15.7. The smallest absolute Gasteiger partial charge is 0.336 e. The van der Waals surface area contributed by atoms with Gasteiger partial charge in [0.2, 0.25) is 0 Å². The first-order valence-corrected chi connectivity index (χ1v) is 10.2. The molecule has 4 heterocycles. The highest BCUT2D eigenvalue weighted by molar-refractivity contribution is 7.10. The molecule has 0 bridgehead atoms. The Labute approximate surface area is 174 Å². The van der Waals surface area contributed by atoms with Crippen molar-refractivity contribution in [3.8, 4) is 5.75 Å². The lowest BCUT2D eigenvalue weighted by atomic mass is 10.1. The Morgan fingerprint density at radius 1 is 1.20 bits per heavy atom. The van der Waals surface area contributed by atoms with E-state index in [2.05, 4.69) is 5.10 Å². The maximum absolute atomic E-state index is 13.0. The monoisotopic (exact) mass is 420 g/mol. The van der Waals surface area contributed by atoms with Gasteiger partial charge >= 0.3 is 5.63 Å². The average Bonchev–Trinajstić information content (AvgIpc) is 3.52. The average molecular weight is 420 g/mol. The molecule has 1 aromatic carbocycles. The standard InChI is InChI=1S/C22H16N2O5S/c25-21(13-28-15-7-5-14-6-8-22(26)29-19(14)11-15)24-17(20-4-2-10-30-20)12-16(23-24)18-3-1-9-27-18/h1-11,17H,12-13H2/t17-/m0/s1. The summed E-state index contributed by atoms with van der Waals surface area (Å²) >= 11 is 1.58. The zero-order chi connectivity index (χ0) is 20.5. The number of nitrogens with zero attached hydrogens (tertiary/aromatic N) is 2. The number of hydrazone groups is 1. The van der Waals surface area contributed by atoms with Crippen LogP contribution in [0.2, 0.25) is 0 Å². The Kier molecular flexibility index (Phi) is 4.68. The summed E-state index contributed by atoms with van der Waals surface area (Å²) < 4.78 is 16.3. The molecule has 0 unspecified atom stereocenters. The molecule has 4 aromatic rings. The number of carbonyl (C=O) groups is 1. The molecule has 0 aliphatic carbocycles. The molecule has 0 saturated heterocycles. The van der Waals surface area contributed by atoms with Crippen molar-refractivity contribution in [1.29, 1.82) is 0 Å². The number of amides is 1. The molecule has 0 spiro atoms. The van der Waals surface area contributed by atoms with E-state index in [9.17, 15) is 9.59 Å². The number of benzene rings is 1. The van der Waals surface area contributed by atoms with Crippen LogP contribution in [0, 0.1) is 0 Å². The van der Waals surface area contributed by atoms with Crippen LogP contribution in [0.4, 0.5) is 0 Å². The van der Waals surface area contributed by atoms with Crippen LogP contribution in [-0.4, -0.2) is 23.2 Å². The van der Waals surface area contributed by atoms with Crippen LogP contribution in [0.25, 0.3) is 11.0 Å². The Morgan fingerprint density at radius 3 is 2.90 bits per heavy atom. The van der Waals surface area contributed by atoms with Crippen LogP contribution in [-0.2, 0) is 4.79 Å². The molecule has 3 aromatic heterocycles. The van der Waals surface area contributed by atoms with Crippen molar-refractivity contribution in [2.45, 2.75) is 12.5 Å². The summed E-state index contributed by atoms with van der Waals surface area (Å²) in [5.41, 5.74) is 0.689. The SMILES string of the molecule is O=C(COc1ccc2ccc(=O)oc2c1)N1N=C(c2ccco2)C[C@H]1c1cccs1. The fourth-order valence-corrected chi connectivity index (χ4v) is 4.19. The molecule has 8 heteroatoms. The minimum absolute atomic E-state index is 0.195. The second kappa shape index (κ2) is 7.64. The van der Waals surface area contributed by atoms with Gasteiger partial charge in [0.25, 0.3) is 5.91 Å². The first-order valence-electron chi connectivity index (χ1n) is 9.31. The van der Waals surface area contributed by atoms with Crippen LogP contribution < -0.4 is 10.4 Å². The largest absolute Gasteiger partial charge is 0.484 e. The summed E-state index contributed by atoms with van der Waals surface area (Å²) in [6, 6.07) is 15.5. The Morgan fingerprint density at radius 2 is 2.10 bits per heavy atom. The van der Waals surface area contributed by atoms with Crippen LogP contribution >= 0.6 is 11.3 Å². The highest BCUT2D eigenvalue weighted by atomic mass is 32.1. The highest BCUT2D eigenvalue weighted by Gasteiger charge is 2.34. The number of hydrogen-bond acceptors (Lipinski definition) is 7. The van der Waals surface area contributed by atoms with Gasteiger partial charge in [-0.2, -0.15) is 5.10 Å². The second-order valence-electron chi connectivity index (χ2n) is 6.74. The minimum Gasteiger partial charge on any atom is -0.484 e. The molecule has 0 fully saturated rings. The van der Waals surface area contributed by atoms with E-state index < -0.39 is 5.63 Å². The van der Waals surface area contributed by atoms with Gasteiger partial charge in [-0.15, -0.1) is 11.3 Å². The number of furan rings is 1. The van der Waals surface area contributed by atoms with Gasteiger partial charge in [0.15, 0.2) is 6.61 Å². The highest BCUT2D eigenvalue weighted by Crippen LogP contribution is 2.35. The zero-order valence-corrected chi connectivity index (χ0v) is 16.5. The van der Waals surface area contributed by atoms with E-state index >= 15 is 0 Å². The lowest BCUT2D eigenvalue weighted by Gasteiger charge is -2.20. The van der Waals surface area contributed by atoms with Crippen molar-refractivity contribution in [1.82, 2.24) is 5.01 Å². The summed E-state index contributed by atoms with van der Waals surface area (Å²) in [6.45, 7) is -0.195. The van der Waals surface area contributed by atoms with E-state index in [-0.39, 0.29) is 18.6 Å². The van der Waals surface area contributed by atoms with E-state index in [4.69, 9.17) is 13.6 Å². The van der Waals surface area contributed by atoms with E-state index in [1.165, 1.54) is 11.1 Å². The molecular formula is C22H16N2O5S. The summed E-state index contributed by atoms with van der Waals surface area (Å²) in [5.74, 6) is 0.814. The predicted octanol–water partition coefficient (Wildman–Crippen LogP) is 4.20. The third kappa shape index (κ3) is 3.53. The maximum Gasteiger partial charge on any atom is 0.336 e. The third-order valence-corrected chi connectivity index (χ3v) is 5.77. The van der Waals surface area contributed by atoms with E-state index in [1.807, 2.05) is 23.6 Å². The molecule has 1 amide bonds. The Balaban J connectivity index is 1.36. The molecule has 1 aliphatic heterocycles. The van der Waals surface area contributed by atoms with Crippen molar-refractivity contribution in [2.24, 2.45) is 5.10 Å². The Hall–Kier alpha value is -3.65. The van der Waals surface area contributed by atoms with Crippen molar-refractivity contribution in [3.05, 3.63) is 87.3 Å². The number of thiophene rings is 1. The number of rotatable bonds is 5. The fraction of sp³-hybridized carbons (Fsp3) is 0.136. The summed E-state index contributed by atoms with van der Waals surface area (Å²) in [4.78, 5) is 25.4. The summed E-state index contributed by atoms with van der Waals surface area (Å²) in [7, 11) is 0. The lowest BCUT2D eigenvalue weighted by molar-refractivity contribution is -0.135. The van der Waals surface area contributed by atoms with Crippen LogP contribution in [0.3, 0.4) is 0 Å². The van der Waals surface area contributed by atoms with Crippen molar-refractivity contribution in [3.63, 3.8) is 0 Å². The molecule has 30 heavy (non-hydrogen) atoms. The van der Waals surface area contributed by atoms with Gasteiger partial charge < -0.3 is 13.6 Å². The number of carbonyl (C=O) groups excluding carboxylic acids is 1. The third-order valence-electron chi connectivity index (χ3n) is 4.80. The molecular weight excluding hydrogens is 404 g/mol. The van der Waals surface area contributed by atoms with Crippen LogP contribution in [0.15, 0.2) is 85.0 Å². The normalized spacial score (nSPS) is 16.1. The van der Waals surface area contributed by atoms with Crippen molar-refractivity contribution >= 4 is 33.9 Å². The van der Waals surface area contributed by atoms with Gasteiger partial charge in [-0.1, -0.05) is 6.07 Å². The maximum atomic E-state index is 13.0. The molecule has 0 N–H and O–H groups in total. The van der Waals surface area contributed by atoms with E-state index in [0.717, 1.165) is 16.0 Å². The van der Waals surface area contributed by atoms with Gasteiger partial charge in [0, 0.05) is 28.8 Å². The number of ether oxygens (including phenoxy) is 1. The van der Waals surface area contributed by atoms with Crippen molar-refractivity contribution in [2.75, 3.05) is 6.61 Å².